The smallest absolute Gasteiger partial charge is 0.230 e. The van der Waals surface area contributed by atoms with Crippen LogP contribution in [0.5, 0.6) is 0 Å². The quantitative estimate of drug-likeness (QED) is 0.770. The number of piperidine rings is 1. The number of nitrogens with zero attached hydrogens (tertiary/aromatic N) is 1. The van der Waals surface area contributed by atoms with Crippen LogP contribution in [0.25, 0.3) is 0 Å². The van der Waals surface area contributed by atoms with Gasteiger partial charge in [0.15, 0.2) is 0 Å². The summed E-state index contributed by atoms with van der Waals surface area (Å²) in [6, 6.07) is 0. The first kappa shape index (κ1) is 16.4. The summed E-state index contributed by atoms with van der Waals surface area (Å²) in [5, 5.41) is 0. The average molecular weight is 270 g/mol. The number of rotatable bonds is 7. The van der Waals surface area contributed by atoms with Crippen molar-refractivity contribution in [3.8, 4) is 0 Å². The lowest BCUT2D eigenvalue weighted by molar-refractivity contribution is -0.144. The predicted octanol–water partition coefficient (Wildman–Crippen LogP) is 2.03. The molecule has 1 heterocycles. The van der Waals surface area contributed by atoms with Crippen molar-refractivity contribution >= 4 is 5.91 Å². The number of nitrogens with two attached hydrogens (primary N) is 1. The number of carbonyl (C=O) groups excluding carboxylic acids is 1. The molecule has 2 N–H and O–H groups in total. The topological polar surface area (TPSA) is 55.6 Å². The van der Waals surface area contributed by atoms with Crippen molar-refractivity contribution in [2.45, 2.75) is 46.5 Å². The molecule has 1 aliphatic heterocycles. The molecule has 0 bridgehead atoms. The van der Waals surface area contributed by atoms with Crippen LogP contribution in [0.3, 0.4) is 0 Å². The van der Waals surface area contributed by atoms with Gasteiger partial charge in [-0.25, -0.2) is 0 Å². The first-order valence-electron chi connectivity index (χ1n) is 7.70. The summed E-state index contributed by atoms with van der Waals surface area (Å²) >= 11 is 0. The van der Waals surface area contributed by atoms with Crippen LogP contribution in [-0.4, -0.2) is 43.7 Å². The van der Waals surface area contributed by atoms with Crippen molar-refractivity contribution < 1.29 is 9.53 Å². The molecular formula is C15H30N2O2. The zero-order valence-electron chi connectivity index (χ0n) is 12.8. The lowest BCUT2D eigenvalue weighted by Crippen LogP contribution is -2.51. The summed E-state index contributed by atoms with van der Waals surface area (Å²) in [4.78, 5) is 14.8. The molecule has 0 aromatic rings. The highest BCUT2D eigenvalue weighted by molar-refractivity contribution is 5.83. The van der Waals surface area contributed by atoms with E-state index in [-0.39, 0.29) is 11.3 Å². The van der Waals surface area contributed by atoms with Crippen LogP contribution in [0.4, 0.5) is 0 Å². The van der Waals surface area contributed by atoms with E-state index in [2.05, 4.69) is 13.8 Å². The second-order valence-corrected chi connectivity index (χ2v) is 5.61. The van der Waals surface area contributed by atoms with Gasteiger partial charge >= 0.3 is 0 Å². The van der Waals surface area contributed by atoms with Crippen molar-refractivity contribution in [1.29, 1.82) is 0 Å². The minimum atomic E-state index is -0.354. The molecule has 1 amide bonds. The number of carbonyl (C=O) groups is 1. The molecule has 1 atom stereocenters. The van der Waals surface area contributed by atoms with Crippen molar-refractivity contribution in [3.05, 3.63) is 0 Å². The molecule has 1 unspecified atom stereocenters. The first-order valence-corrected chi connectivity index (χ1v) is 7.70. The van der Waals surface area contributed by atoms with Gasteiger partial charge in [-0.15, -0.1) is 0 Å². The number of likely N-dealkylation sites (tertiary alicyclic amines) is 1. The maximum Gasteiger partial charge on any atom is 0.230 e. The molecule has 0 spiro atoms. The highest BCUT2D eigenvalue weighted by Gasteiger charge is 2.38. The minimum Gasteiger partial charge on any atom is -0.381 e. The molecule has 1 rings (SSSR count). The molecular weight excluding hydrogens is 240 g/mol. The Kier molecular flexibility index (Phi) is 6.80. The van der Waals surface area contributed by atoms with Crippen LogP contribution in [0.2, 0.25) is 0 Å². The third kappa shape index (κ3) is 3.93. The van der Waals surface area contributed by atoms with Crippen LogP contribution in [0, 0.1) is 11.3 Å². The first-order chi connectivity index (χ1) is 9.13. The minimum absolute atomic E-state index is 0.251. The Morgan fingerprint density at radius 3 is 2.58 bits per heavy atom. The van der Waals surface area contributed by atoms with Crippen molar-refractivity contribution in [2.75, 3.05) is 32.8 Å². The lowest BCUT2D eigenvalue weighted by Gasteiger charge is -2.39. The third-order valence-corrected chi connectivity index (χ3v) is 4.56. The van der Waals surface area contributed by atoms with Gasteiger partial charge in [0.2, 0.25) is 5.91 Å². The highest BCUT2D eigenvalue weighted by Crippen LogP contribution is 2.30. The molecule has 0 aliphatic carbocycles. The van der Waals surface area contributed by atoms with Crippen LogP contribution < -0.4 is 5.73 Å². The molecule has 19 heavy (non-hydrogen) atoms. The summed E-state index contributed by atoms with van der Waals surface area (Å²) in [6.45, 7) is 9.83. The Morgan fingerprint density at radius 1 is 1.37 bits per heavy atom. The SMILES string of the molecule is CCOCC1CCCN(C(=O)C(CC)(CC)CN)C1. The number of hydrogen-bond acceptors (Lipinski definition) is 3. The highest BCUT2D eigenvalue weighted by atomic mass is 16.5. The van der Waals surface area contributed by atoms with Crippen LogP contribution in [0.1, 0.15) is 46.5 Å². The normalized spacial score (nSPS) is 20.6. The van der Waals surface area contributed by atoms with Crippen molar-refractivity contribution in [3.63, 3.8) is 0 Å². The van der Waals surface area contributed by atoms with E-state index in [1.807, 2.05) is 11.8 Å². The van der Waals surface area contributed by atoms with E-state index in [1.54, 1.807) is 0 Å². The Bertz CT molecular complexity index is 269. The Hall–Kier alpha value is -0.610. The second kappa shape index (κ2) is 7.85. The predicted molar refractivity (Wildman–Crippen MR) is 77.9 cm³/mol. The van der Waals surface area contributed by atoms with Gasteiger partial charge in [0, 0.05) is 26.2 Å². The number of amides is 1. The van der Waals surface area contributed by atoms with Crippen molar-refractivity contribution in [1.82, 2.24) is 4.90 Å². The van der Waals surface area contributed by atoms with Crippen LogP contribution in [-0.2, 0) is 9.53 Å². The summed E-state index contributed by atoms with van der Waals surface area (Å²) < 4.78 is 5.50. The molecule has 4 heteroatoms. The molecule has 1 fully saturated rings. The molecule has 1 saturated heterocycles. The summed E-state index contributed by atoms with van der Waals surface area (Å²) in [5.41, 5.74) is 5.53. The van der Waals surface area contributed by atoms with Crippen molar-refractivity contribution in [2.24, 2.45) is 17.1 Å². The van der Waals surface area contributed by atoms with Gasteiger partial charge in [-0.2, -0.15) is 0 Å². The van der Waals surface area contributed by atoms with Gasteiger partial charge < -0.3 is 15.4 Å². The Balaban J connectivity index is 2.65. The fourth-order valence-electron chi connectivity index (χ4n) is 2.93. The summed E-state index contributed by atoms with van der Waals surface area (Å²) in [6.07, 6.45) is 3.89. The molecule has 4 nitrogen and oxygen atoms in total. The standard InChI is InChI=1S/C15H30N2O2/c1-4-15(5-2,12-16)14(18)17-9-7-8-13(10-17)11-19-6-3/h13H,4-12,16H2,1-3H3. The molecule has 0 saturated carbocycles. The molecule has 112 valence electrons. The summed E-state index contributed by atoms with van der Waals surface area (Å²) in [5.74, 6) is 0.739. The monoisotopic (exact) mass is 270 g/mol. The van der Waals surface area contributed by atoms with Gasteiger partial charge in [0.05, 0.1) is 12.0 Å². The largest absolute Gasteiger partial charge is 0.381 e. The van der Waals surface area contributed by atoms with Gasteiger partial charge in [0.1, 0.15) is 0 Å². The van der Waals surface area contributed by atoms with Crippen LogP contribution >= 0.6 is 0 Å². The maximum absolute atomic E-state index is 12.7. The van der Waals surface area contributed by atoms with E-state index in [9.17, 15) is 4.79 Å². The second-order valence-electron chi connectivity index (χ2n) is 5.61. The third-order valence-electron chi connectivity index (χ3n) is 4.56. The average Bonchev–Trinajstić information content (AvgIpc) is 2.47. The van der Waals surface area contributed by atoms with E-state index in [1.165, 1.54) is 0 Å². The Labute approximate surface area is 117 Å². The van der Waals surface area contributed by atoms with Gasteiger partial charge in [-0.3, -0.25) is 4.79 Å². The van der Waals surface area contributed by atoms with Gasteiger partial charge in [0.25, 0.3) is 0 Å². The Morgan fingerprint density at radius 2 is 2.05 bits per heavy atom. The summed E-state index contributed by atoms with van der Waals surface area (Å²) in [7, 11) is 0. The zero-order chi connectivity index (χ0) is 14.3. The van der Waals surface area contributed by atoms with E-state index < -0.39 is 0 Å². The maximum atomic E-state index is 12.7. The van der Waals surface area contributed by atoms with E-state index in [4.69, 9.17) is 10.5 Å². The molecule has 1 aliphatic rings. The van der Waals surface area contributed by atoms with Crippen LogP contribution in [0.15, 0.2) is 0 Å². The number of hydrogen-bond donors (Lipinski definition) is 1. The van der Waals surface area contributed by atoms with E-state index >= 15 is 0 Å². The lowest BCUT2D eigenvalue weighted by atomic mass is 9.80. The molecule has 0 radical (unpaired) electrons. The van der Waals surface area contributed by atoms with E-state index in [0.29, 0.717) is 12.5 Å². The van der Waals surface area contributed by atoms with E-state index in [0.717, 1.165) is 52.0 Å². The fourth-order valence-corrected chi connectivity index (χ4v) is 2.93. The van der Waals surface area contributed by atoms with Gasteiger partial charge in [-0.1, -0.05) is 13.8 Å². The fraction of sp³-hybridized carbons (Fsp3) is 0.933. The molecule has 0 aromatic carbocycles. The zero-order valence-corrected chi connectivity index (χ0v) is 12.8. The molecule has 0 aromatic heterocycles. The van der Waals surface area contributed by atoms with Gasteiger partial charge in [-0.05, 0) is 38.5 Å². The number of ether oxygens (including phenoxy) is 1.